The number of carboxylic acids is 1. The maximum absolute atomic E-state index is 12.2. The number of aliphatic carboxylic acids is 1. The first-order chi connectivity index (χ1) is 11.9. The van der Waals surface area contributed by atoms with Crippen molar-refractivity contribution in [2.75, 3.05) is 5.43 Å². The van der Waals surface area contributed by atoms with Crippen LogP contribution in [0.1, 0.15) is 11.3 Å². The van der Waals surface area contributed by atoms with Crippen LogP contribution in [0.25, 0.3) is 0 Å². The highest BCUT2D eigenvalue weighted by atomic mass is 35.5. The van der Waals surface area contributed by atoms with Gasteiger partial charge in [-0.05, 0) is 12.5 Å². The minimum absolute atomic E-state index is 0.0414. The lowest BCUT2D eigenvalue weighted by molar-refractivity contribution is -0.137. The van der Waals surface area contributed by atoms with Gasteiger partial charge in [0.2, 0.25) is 5.82 Å². The maximum atomic E-state index is 12.2. The monoisotopic (exact) mass is 366 g/mol. The molecule has 0 saturated carbocycles. The molecule has 0 aliphatic heterocycles. The van der Waals surface area contributed by atoms with Gasteiger partial charge < -0.3 is 9.84 Å². The van der Waals surface area contributed by atoms with Crippen LogP contribution in [0.15, 0.2) is 35.1 Å². The van der Waals surface area contributed by atoms with E-state index in [-0.39, 0.29) is 23.3 Å². The molecule has 1 amide bonds. The zero-order valence-corrected chi connectivity index (χ0v) is 13.9. The molecule has 0 aliphatic carbocycles. The average molecular weight is 367 g/mol. The fourth-order valence-corrected chi connectivity index (χ4v) is 2.08. The summed E-state index contributed by atoms with van der Waals surface area (Å²) in [6.07, 6.45) is -0.841. The lowest BCUT2D eigenvalue weighted by Crippen LogP contribution is -2.36. The van der Waals surface area contributed by atoms with Crippen molar-refractivity contribution in [1.82, 2.24) is 15.0 Å². The normalized spacial score (nSPS) is 10.2. The molecule has 132 valence electrons. The van der Waals surface area contributed by atoms with Gasteiger partial charge in [0.1, 0.15) is 13.2 Å². The molecule has 0 atom stereocenters. The summed E-state index contributed by atoms with van der Waals surface area (Å²) in [5, 5.41) is 8.79. The van der Waals surface area contributed by atoms with Gasteiger partial charge >= 0.3 is 12.1 Å². The van der Waals surface area contributed by atoms with E-state index in [4.69, 9.17) is 21.4 Å². The predicted octanol–water partition coefficient (Wildman–Crippen LogP) is 1.54. The first-order valence-corrected chi connectivity index (χ1v) is 7.47. The molecule has 1 heterocycles. The van der Waals surface area contributed by atoms with E-state index in [0.29, 0.717) is 0 Å². The van der Waals surface area contributed by atoms with Gasteiger partial charge in [-0.2, -0.15) is 0 Å². The molecule has 0 aliphatic rings. The lowest BCUT2D eigenvalue weighted by Gasteiger charge is -2.13. The van der Waals surface area contributed by atoms with Crippen molar-refractivity contribution >= 4 is 29.5 Å². The first-order valence-electron chi connectivity index (χ1n) is 7.10. The molecule has 10 heteroatoms. The molecule has 0 bridgehead atoms. The van der Waals surface area contributed by atoms with Gasteiger partial charge in [-0.15, -0.1) is 0 Å². The van der Waals surface area contributed by atoms with Crippen LogP contribution in [-0.4, -0.2) is 26.7 Å². The number of halogens is 1. The minimum Gasteiger partial charge on any atom is -0.480 e. The Hall–Kier alpha value is -3.07. The summed E-state index contributed by atoms with van der Waals surface area (Å²) in [6.45, 7) is 0.921. The van der Waals surface area contributed by atoms with Crippen molar-refractivity contribution in [1.29, 1.82) is 0 Å². The maximum Gasteiger partial charge on any atom is 0.426 e. The topological polar surface area (TPSA) is 123 Å². The molecule has 0 unspecified atom stereocenters. The van der Waals surface area contributed by atoms with Crippen LogP contribution in [0, 0.1) is 6.92 Å². The standard InChI is InChI=1S/C15H15ClN4O5/c1-9-12(16)17-13(14(23)20(9)7-11(21)22)18-19-15(24)25-8-10-5-3-2-4-6-10/h2-6H,7-8H2,1H3,(H,17,18)(H,19,24)(H,21,22). The van der Waals surface area contributed by atoms with Crippen molar-refractivity contribution in [2.24, 2.45) is 0 Å². The molecule has 3 N–H and O–H groups in total. The van der Waals surface area contributed by atoms with Gasteiger partial charge in [0.15, 0.2) is 5.15 Å². The number of hydrazine groups is 1. The van der Waals surface area contributed by atoms with E-state index in [1.54, 1.807) is 24.3 Å². The highest BCUT2D eigenvalue weighted by Gasteiger charge is 2.15. The summed E-state index contributed by atoms with van der Waals surface area (Å²) in [5.41, 5.74) is 4.68. The van der Waals surface area contributed by atoms with Gasteiger partial charge in [0.25, 0.3) is 5.56 Å². The number of carbonyl (C=O) groups excluding carboxylic acids is 1. The van der Waals surface area contributed by atoms with E-state index in [0.717, 1.165) is 10.1 Å². The summed E-state index contributed by atoms with van der Waals surface area (Å²) in [4.78, 5) is 38.5. The molecular weight excluding hydrogens is 352 g/mol. The SMILES string of the molecule is Cc1c(Cl)nc(NNC(=O)OCc2ccccc2)c(=O)n1CC(=O)O. The molecule has 2 rings (SSSR count). The molecule has 0 spiro atoms. The molecule has 1 aromatic carbocycles. The van der Waals surface area contributed by atoms with Crippen molar-refractivity contribution in [2.45, 2.75) is 20.1 Å². The van der Waals surface area contributed by atoms with E-state index in [2.05, 4.69) is 15.8 Å². The van der Waals surface area contributed by atoms with Gasteiger partial charge in [-0.25, -0.2) is 15.2 Å². The quantitative estimate of drug-likeness (QED) is 0.662. The number of aromatic nitrogens is 2. The Morgan fingerprint density at radius 1 is 1.32 bits per heavy atom. The zero-order chi connectivity index (χ0) is 18.4. The molecule has 2 aromatic rings. The second kappa shape index (κ2) is 8.15. The van der Waals surface area contributed by atoms with Crippen LogP contribution in [0.2, 0.25) is 5.15 Å². The van der Waals surface area contributed by atoms with E-state index in [1.807, 2.05) is 6.07 Å². The fourth-order valence-electron chi connectivity index (χ4n) is 1.89. The predicted molar refractivity (Wildman–Crippen MR) is 89.3 cm³/mol. The molecular formula is C15H15ClN4O5. The molecule has 25 heavy (non-hydrogen) atoms. The van der Waals surface area contributed by atoms with Gasteiger partial charge in [0.05, 0.1) is 5.69 Å². The van der Waals surface area contributed by atoms with Gasteiger partial charge in [-0.1, -0.05) is 41.9 Å². The Morgan fingerprint density at radius 2 is 2.00 bits per heavy atom. The second-order valence-corrected chi connectivity index (χ2v) is 5.29. The third kappa shape index (κ3) is 4.95. The zero-order valence-electron chi connectivity index (χ0n) is 13.2. The van der Waals surface area contributed by atoms with Gasteiger partial charge in [0, 0.05) is 0 Å². The average Bonchev–Trinajstić information content (AvgIpc) is 2.59. The molecule has 0 radical (unpaired) electrons. The number of rotatable bonds is 6. The first kappa shape index (κ1) is 18.3. The summed E-state index contributed by atoms with van der Waals surface area (Å²) in [6, 6.07) is 9.01. The highest BCUT2D eigenvalue weighted by molar-refractivity contribution is 6.30. The van der Waals surface area contributed by atoms with Crippen LogP contribution in [-0.2, 0) is 22.7 Å². The summed E-state index contributed by atoms with van der Waals surface area (Å²) in [5.74, 6) is -1.54. The van der Waals surface area contributed by atoms with E-state index >= 15 is 0 Å². The molecule has 1 aromatic heterocycles. The number of benzene rings is 1. The number of amides is 1. The van der Waals surface area contributed by atoms with E-state index in [1.165, 1.54) is 6.92 Å². The number of carbonyl (C=O) groups is 2. The summed E-state index contributed by atoms with van der Waals surface area (Å²) >= 11 is 5.88. The number of nitrogens with one attached hydrogen (secondary N) is 2. The third-order valence-electron chi connectivity index (χ3n) is 3.15. The second-order valence-electron chi connectivity index (χ2n) is 4.93. The Bertz CT molecular complexity index is 838. The number of anilines is 1. The Kier molecular flexibility index (Phi) is 5.96. The summed E-state index contributed by atoms with van der Waals surface area (Å²) < 4.78 is 5.89. The van der Waals surface area contributed by atoms with Crippen molar-refractivity contribution in [3.05, 3.63) is 57.1 Å². The number of nitrogens with zero attached hydrogens (tertiary/aromatic N) is 2. The molecule has 9 nitrogen and oxygen atoms in total. The third-order valence-corrected chi connectivity index (χ3v) is 3.51. The minimum atomic E-state index is -1.21. The number of hydrogen-bond donors (Lipinski definition) is 3. The highest BCUT2D eigenvalue weighted by Crippen LogP contribution is 2.11. The number of carboxylic acid groups (broad SMARTS) is 1. The number of hydrogen-bond acceptors (Lipinski definition) is 6. The Balaban J connectivity index is 2.02. The van der Waals surface area contributed by atoms with E-state index < -0.39 is 24.2 Å². The number of ether oxygens (including phenoxy) is 1. The molecule has 0 fully saturated rings. The van der Waals surface area contributed by atoms with Crippen molar-refractivity contribution in [3.8, 4) is 0 Å². The smallest absolute Gasteiger partial charge is 0.426 e. The summed E-state index contributed by atoms with van der Waals surface area (Å²) in [7, 11) is 0. The Morgan fingerprint density at radius 3 is 2.64 bits per heavy atom. The van der Waals surface area contributed by atoms with Gasteiger partial charge in [-0.3, -0.25) is 19.6 Å². The largest absolute Gasteiger partial charge is 0.480 e. The van der Waals surface area contributed by atoms with Crippen LogP contribution in [0.5, 0.6) is 0 Å². The lowest BCUT2D eigenvalue weighted by atomic mass is 10.2. The fraction of sp³-hybridized carbons (Fsp3) is 0.200. The van der Waals surface area contributed by atoms with Crippen LogP contribution in [0.4, 0.5) is 10.6 Å². The molecule has 0 saturated heterocycles. The van der Waals surface area contributed by atoms with Crippen LogP contribution >= 0.6 is 11.6 Å². The van der Waals surface area contributed by atoms with E-state index in [9.17, 15) is 14.4 Å². The van der Waals surface area contributed by atoms with Crippen LogP contribution < -0.4 is 16.4 Å². The van der Waals surface area contributed by atoms with Crippen molar-refractivity contribution < 1.29 is 19.4 Å². The Labute approximate surface area is 147 Å². The van der Waals surface area contributed by atoms with Crippen LogP contribution in [0.3, 0.4) is 0 Å². The van der Waals surface area contributed by atoms with Crippen molar-refractivity contribution in [3.63, 3.8) is 0 Å².